The summed E-state index contributed by atoms with van der Waals surface area (Å²) in [6.07, 6.45) is 2.92. The summed E-state index contributed by atoms with van der Waals surface area (Å²) in [5.74, 6) is 1.60. The number of aliphatic hydroxyl groups is 1. The number of H-pyrrole nitrogens is 1. The predicted molar refractivity (Wildman–Crippen MR) is 101 cm³/mol. The van der Waals surface area contributed by atoms with Crippen LogP contribution in [0.2, 0.25) is 0 Å². The third-order valence-corrected chi connectivity index (χ3v) is 4.63. The summed E-state index contributed by atoms with van der Waals surface area (Å²) in [6, 6.07) is 10.3. The van der Waals surface area contributed by atoms with E-state index in [2.05, 4.69) is 43.8 Å². The molecule has 2 aromatic heterocycles. The van der Waals surface area contributed by atoms with Crippen LogP contribution in [0.25, 0.3) is 10.9 Å². The van der Waals surface area contributed by atoms with Gasteiger partial charge in [0.15, 0.2) is 0 Å². The summed E-state index contributed by atoms with van der Waals surface area (Å²) < 4.78 is 5.50. The van der Waals surface area contributed by atoms with Crippen molar-refractivity contribution in [2.45, 2.75) is 18.9 Å². The van der Waals surface area contributed by atoms with Crippen LogP contribution in [0.3, 0.4) is 0 Å². The predicted octanol–water partition coefficient (Wildman–Crippen LogP) is 2.48. The molecule has 3 aromatic rings. The van der Waals surface area contributed by atoms with E-state index >= 15 is 0 Å². The highest BCUT2D eigenvalue weighted by atomic mass is 16.5. The summed E-state index contributed by atoms with van der Waals surface area (Å²) in [7, 11) is 0. The van der Waals surface area contributed by atoms with Crippen molar-refractivity contribution in [3.63, 3.8) is 0 Å². The average Bonchev–Trinajstić information content (AvgIpc) is 3.36. The van der Waals surface area contributed by atoms with Crippen LogP contribution in [-0.4, -0.2) is 46.4 Å². The molecule has 3 heterocycles. The quantitative estimate of drug-likeness (QED) is 0.521. The normalized spacial score (nSPS) is 16.9. The van der Waals surface area contributed by atoms with Gasteiger partial charge in [-0.25, -0.2) is 4.98 Å². The summed E-state index contributed by atoms with van der Waals surface area (Å²) in [5.41, 5.74) is 3.30. The SMILES string of the molecule is OCCNc1nc(NCc2cccc3[nH]ccc23)cc(C2CCOC2)n1. The first-order valence-electron chi connectivity index (χ1n) is 8.94. The fraction of sp³-hybridized carbons (Fsp3) is 0.368. The minimum atomic E-state index is 0.0401. The van der Waals surface area contributed by atoms with Crippen LogP contribution < -0.4 is 10.6 Å². The molecule has 7 heteroatoms. The Morgan fingerprint density at radius 3 is 3.04 bits per heavy atom. The standard InChI is InChI=1S/C19H23N5O2/c25-8-7-21-19-23-17(14-5-9-26-12-14)10-18(24-19)22-11-13-2-1-3-16-15(13)4-6-20-16/h1-4,6,10,14,20,25H,5,7-9,11-12H2,(H2,21,22,23,24). The Hall–Kier alpha value is -2.64. The van der Waals surface area contributed by atoms with Gasteiger partial charge in [-0.2, -0.15) is 4.98 Å². The van der Waals surface area contributed by atoms with Crippen LogP contribution in [0.15, 0.2) is 36.5 Å². The van der Waals surface area contributed by atoms with Crippen molar-refractivity contribution in [2.75, 3.05) is 37.0 Å². The Morgan fingerprint density at radius 1 is 1.23 bits per heavy atom. The van der Waals surface area contributed by atoms with Gasteiger partial charge < -0.3 is 25.5 Å². The number of nitrogens with zero attached hydrogens (tertiary/aromatic N) is 2. The van der Waals surface area contributed by atoms with Crippen molar-refractivity contribution in [1.29, 1.82) is 0 Å². The molecule has 0 bridgehead atoms. The second-order valence-electron chi connectivity index (χ2n) is 6.42. The Bertz CT molecular complexity index is 873. The van der Waals surface area contributed by atoms with E-state index in [4.69, 9.17) is 9.84 Å². The van der Waals surface area contributed by atoms with Crippen molar-refractivity contribution >= 4 is 22.7 Å². The summed E-state index contributed by atoms with van der Waals surface area (Å²) in [5, 5.41) is 16.7. The van der Waals surface area contributed by atoms with Gasteiger partial charge in [0, 0.05) is 48.8 Å². The lowest BCUT2D eigenvalue weighted by Crippen LogP contribution is -2.13. The molecule has 1 saturated heterocycles. The largest absolute Gasteiger partial charge is 0.395 e. The summed E-state index contributed by atoms with van der Waals surface area (Å²) in [6.45, 7) is 2.60. The minimum absolute atomic E-state index is 0.0401. The minimum Gasteiger partial charge on any atom is -0.395 e. The number of fused-ring (bicyclic) bond motifs is 1. The topological polar surface area (TPSA) is 95.1 Å². The Morgan fingerprint density at radius 2 is 2.19 bits per heavy atom. The molecule has 0 aliphatic carbocycles. The molecule has 7 nitrogen and oxygen atoms in total. The third-order valence-electron chi connectivity index (χ3n) is 4.63. The van der Waals surface area contributed by atoms with E-state index in [1.807, 2.05) is 18.3 Å². The number of rotatable bonds is 7. The molecule has 4 N–H and O–H groups in total. The number of hydrogen-bond donors (Lipinski definition) is 4. The van der Waals surface area contributed by atoms with Crippen LogP contribution in [0.5, 0.6) is 0 Å². The lowest BCUT2D eigenvalue weighted by Gasteiger charge is -2.14. The number of ether oxygens (including phenoxy) is 1. The maximum atomic E-state index is 9.05. The molecule has 1 aliphatic rings. The lowest BCUT2D eigenvalue weighted by molar-refractivity contribution is 0.193. The van der Waals surface area contributed by atoms with Gasteiger partial charge in [0.25, 0.3) is 0 Å². The van der Waals surface area contributed by atoms with E-state index in [1.54, 1.807) is 0 Å². The molecule has 26 heavy (non-hydrogen) atoms. The number of anilines is 2. The first-order chi connectivity index (χ1) is 12.8. The van der Waals surface area contributed by atoms with Crippen molar-refractivity contribution in [3.05, 3.63) is 47.8 Å². The lowest BCUT2D eigenvalue weighted by atomic mass is 10.0. The van der Waals surface area contributed by atoms with E-state index in [0.29, 0.717) is 31.6 Å². The van der Waals surface area contributed by atoms with Gasteiger partial charge in [-0.15, -0.1) is 0 Å². The van der Waals surface area contributed by atoms with Gasteiger partial charge in [-0.3, -0.25) is 0 Å². The van der Waals surface area contributed by atoms with Gasteiger partial charge in [0.05, 0.1) is 18.9 Å². The number of aliphatic hydroxyl groups excluding tert-OH is 1. The van der Waals surface area contributed by atoms with E-state index in [0.717, 1.165) is 30.1 Å². The molecule has 136 valence electrons. The zero-order valence-electron chi connectivity index (χ0n) is 14.5. The Labute approximate surface area is 151 Å². The zero-order valence-corrected chi connectivity index (χ0v) is 14.5. The van der Waals surface area contributed by atoms with Gasteiger partial charge in [-0.1, -0.05) is 12.1 Å². The van der Waals surface area contributed by atoms with Gasteiger partial charge in [0.1, 0.15) is 5.82 Å². The second kappa shape index (κ2) is 7.72. The molecular formula is C19H23N5O2. The van der Waals surface area contributed by atoms with Crippen molar-refractivity contribution in [1.82, 2.24) is 15.0 Å². The average molecular weight is 353 g/mol. The number of aromatic amines is 1. The van der Waals surface area contributed by atoms with E-state index in [1.165, 1.54) is 10.9 Å². The Kier molecular flexibility index (Phi) is 4.99. The number of nitrogens with one attached hydrogen (secondary N) is 3. The van der Waals surface area contributed by atoms with Crippen molar-refractivity contribution in [3.8, 4) is 0 Å². The molecular weight excluding hydrogens is 330 g/mol. The monoisotopic (exact) mass is 353 g/mol. The molecule has 1 atom stereocenters. The molecule has 1 aliphatic heterocycles. The van der Waals surface area contributed by atoms with Crippen LogP contribution in [0.4, 0.5) is 11.8 Å². The molecule has 0 amide bonds. The maximum absolute atomic E-state index is 9.05. The van der Waals surface area contributed by atoms with Crippen LogP contribution in [0, 0.1) is 0 Å². The molecule has 1 fully saturated rings. The Balaban J connectivity index is 1.56. The maximum Gasteiger partial charge on any atom is 0.224 e. The summed E-state index contributed by atoms with van der Waals surface area (Å²) >= 11 is 0. The molecule has 0 radical (unpaired) electrons. The first-order valence-corrected chi connectivity index (χ1v) is 8.94. The summed E-state index contributed by atoms with van der Waals surface area (Å²) in [4.78, 5) is 12.4. The second-order valence-corrected chi connectivity index (χ2v) is 6.42. The molecule has 0 saturated carbocycles. The van der Waals surface area contributed by atoms with Crippen LogP contribution in [0.1, 0.15) is 23.6 Å². The molecule has 1 unspecified atom stereocenters. The number of hydrogen-bond acceptors (Lipinski definition) is 6. The third kappa shape index (κ3) is 3.63. The highest BCUT2D eigenvalue weighted by Gasteiger charge is 2.20. The van der Waals surface area contributed by atoms with E-state index < -0.39 is 0 Å². The fourth-order valence-corrected chi connectivity index (χ4v) is 3.27. The number of benzene rings is 1. The van der Waals surface area contributed by atoms with Crippen LogP contribution in [-0.2, 0) is 11.3 Å². The van der Waals surface area contributed by atoms with Gasteiger partial charge >= 0.3 is 0 Å². The number of aromatic nitrogens is 3. The zero-order chi connectivity index (χ0) is 17.8. The smallest absolute Gasteiger partial charge is 0.224 e. The van der Waals surface area contributed by atoms with E-state index in [-0.39, 0.29) is 6.61 Å². The molecule has 0 spiro atoms. The molecule has 4 rings (SSSR count). The van der Waals surface area contributed by atoms with Gasteiger partial charge in [0.2, 0.25) is 5.95 Å². The van der Waals surface area contributed by atoms with Crippen molar-refractivity contribution < 1.29 is 9.84 Å². The van der Waals surface area contributed by atoms with Gasteiger partial charge in [-0.05, 0) is 24.1 Å². The highest BCUT2D eigenvalue weighted by molar-refractivity contribution is 5.83. The first kappa shape index (κ1) is 16.8. The fourth-order valence-electron chi connectivity index (χ4n) is 3.27. The van der Waals surface area contributed by atoms with Crippen LogP contribution >= 0.6 is 0 Å². The van der Waals surface area contributed by atoms with E-state index in [9.17, 15) is 0 Å². The van der Waals surface area contributed by atoms with Crippen molar-refractivity contribution in [2.24, 2.45) is 0 Å². The molecule has 1 aromatic carbocycles. The highest BCUT2D eigenvalue weighted by Crippen LogP contribution is 2.26.